The lowest BCUT2D eigenvalue weighted by Crippen LogP contribution is -2.35. The van der Waals surface area contributed by atoms with Crippen LogP contribution in [0, 0.1) is 0 Å². The van der Waals surface area contributed by atoms with Gasteiger partial charge in [-0.25, -0.2) is 38.9 Å². The minimum atomic E-state index is -4.97. The van der Waals surface area contributed by atoms with E-state index in [1.807, 2.05) is 0 Å². The SMILES string of the molecule is Nc1ncnc2c1ncn2C1OC2CO[P@@](S)OC3C(O)C(COP(=O)(O)OC2C1F)OC3n1cnc2c(N)ncnc21. The largest absolute Gasteiger partial charge is 0.472 e. The first-order valence-corrected chi connectivity index (χ1v) is 16.4. The monoisotopic (exact) mass is 660 g/mol. The van der Waals surface area contributed by atoms with Crippen LogP contribution in [0.1, 0.15) is 12.5 Å². The zero-order valence-corrected chi connectivity index (χ0v) is 24.2. The molecule has 3 saturated heterocycles. The number of rotatable bonds is 2. The van der Waals surface area contributed by atoms with Gasteiger partial charge in [-0.15, -0.1) is 0 Å². The van der Waals surface area contributed by atoms with Gasteiger partial charge in [-0.2, -0.15) is 0 Å². The van der Waals surface area contributed by atoms with Crippen LogP contribution in [0.4, 0.5) is 16.0 Å². The van der Waals surface area contributed by atoms with E-state index in [9.17, 15) is 14.6 Å². The summed E-state index contributed by atoms with van der Waals surface area (Å²) in [6.45, 7) is -1.03. The van der Waals surface area contributed by atoms with Crippen LogP contribution in [0.15, 0.2) is 25.3 Å². The molecule has 0 amide bonds. The van der Waals surface area contributed by atoms with Crippen LogP contribution in [0.3, 0.4) is 0 Å². The van der Waals surface area contributed by atoms with Gasteiger partial charge in [0.1, 0.15) is 54.2 Å². The molecule has 7 rings (SSSR count). The van der Waals surface area contributed by atoms with Gasteiger partial charge in [0.05, 0.1) is 25.9 Å². The van der Waals surface area contributed by atoms with E-state index in [4.69, 9.17) is 39.0 Å². The first-order valence-electron chi connectivity index (χ1n) is 12.5. The molecular formula is C20H23FN10O9P2S. The highest BCUT2D eigenvalue weighted by atomic mass is 32.7. The number of nitrogens with zero attached hydrogens (tertiary/aromatic N) is 8. The molecule has 4 aromatic rings. The quantitative estimate of drug-likeness (QED) is 0.144. The molecule has 9 unspecified atom stereocenters. The van der Waals surface area contributed by atoms with Crippen molar-refractivity contribution in [3.05, 3.63) is 25.3 Å². The summed E-state index contributed by atoms with van der Waals surface area (Å²) in [7, 11) is -7.03. The number of phosphoric ester groups is 1. The Balaban J connectivity index is 1.17. The minimum Gasteiger partial charge on any atom is -0.387 e. The fourth-order valence-corrected chi connectivity index (χ4v) is 7.36. The summed E-state index contributed by atoms with van der Waals surface area (Å²) < 4.78 is 65.6. The molecule has 230 valence electrons. The van der Waals surface area contributed by atoms with Crippen LogP contribution in [0.5, 0.6) is 0 Å². The van der Waals surface area contributed by atoms with Crippen molar-refractivity contribution in [2.75, 3.05) is 24.7 Å². The maximum atomic E-state index is 15.9. The molecule has 0 radical (unpaired) electrons. The molecular weight excluding hydrogens is 637 g/mol. The lowest BCUT2D eigenvalue weighted by Gasteiger charge is -2.25. The van der Waals surface area contributed by atoms with Gasteiger partial charge in [-0.1, -0.05) is 12.2 Å². The second kappa shape index (κ2) is 11.0. The zero-order chi connectivity index (χ0) is 30.0. The number of aliphatic hydroxyl groups is 1. The Bertz CT molecular complexity index is 1720. The maximum Gasteiger partial charge on any atom is 0.472 e. The highest BCUT2D eigenvalue weighted by Crippen LogP contribution is 2.53. The number of aliphatic hydroxyl groups excluding tert-OH is 1. The van der Waals surface area contributed by atoms with Crippen molar-refractivity contribution in [3.8, 4) is 0 Å². The van der Waals surface area contributed by atoms with E-state index >= 15 is 4.39 Å². The molecule has 0 saturated carbocycles. The van der Waals surface area contributed by atoms with Crippen LogP contribution >= 0.6 is 27.6 Å². The van der Waals surface area contributed by atoms with Crippen molar-refractivity contribution in [3.63, 3.8) is 0 Å². The second-order valence-corrected chi connectivity index (χ2v) is 13.0. The van der Waals surface area contributed by atoms with E-state index in [-0.39, 0.29) is 34.0 Å². The van der Waals surface area contributed by atoms with Crippen molar-refractivity contribution in [1.82, 2.24) is 39.0 Å². The normalized spacial score (nSPS) is 37.2. The molecule has 3 fully saturated rings. The van der Waals surface area contributed by atoms with Gasteiger partial charge in [0, 0.05) is 0 Å². The highest BCUT2D eigenvalue weighted by Gasteiger charge is 2.53. The first kappa shape index (κ1) is 29.1. The van der Waals surface area contributed by atoms with E-state index < -0.39 is 77.8 Å². The molecule has 0 aliphatic carbocycles. The molecule has 0 aromatic carbocycles. The Labute approximate surface area is 246 Å². The van der Waals surface area contributed by atoms with Crippen molar-refractivity contribution in [2.45, 2.75) is 49.1 Å². The standard InChI is InChI=1S/C20H23FN10O9P2S/c21-9-13-8(38-19(9)30-5-28-10-15(22)24-3-26-17(10)30)1-35-41(43)39-14-12(32)7(2-36-42(33,34)40-13)37-20(14)31-6-29-11-16(23)25-4-27-18(11)31/h3-9,12-14,19-20,32,43H,1-2H2,(H,33,34)(H2,22,24,26)(H2,23,25,27)/t7?,8?,9?,12?,13?,14?,19?,20?,41-/m1/s1. The molecule has 6 N–H and O–H groups in total. The van der Waals surface area contributed by atoms with E-state index in [0.29, 0.717) is 0 Å². The number of nitrogens with two attached hydrogens (primary N) is 2. The van der Waals surface area contributed by atoms with Gasteiger partial charge >= 0.3 is 7.82 Å². The number of imidazole rings is 2. The molecule has 7 heterocycles. The third-order valence-corrected chi connectivity index (χ3v) is 9.53. The number of nitrogen functional groups attached to an aromatic ring is 2. The number of anilines is 2. The highest BCUT2D eigenvalue weighted by molar-refractivity contribution is 8.41. The molecule has 3 aliphatic heterocycles. The van der Waals surface area contributed by atoms with Gasteiger partial charge < -0.3 is 40.0 Å². The summed E-state index contributed by atoms with van der Waals surface area (Å²) in [6.07, 6.45) is -6.09. The van der Waals surface area contributed by atoms with Gasteiger partial charge in [-0.05, 0) is 0 Å². The Morgan fingerprint density at radius 1 is 0.930 bits per heavy atom. The molecule has 3 aliphatic rings. The van der Waals surface area contributed by atoms with E-state index in [1.165, 1.54) is 34.4 Å². The predicted molar refractivity (Wildman–Crippen MR) is 146 cm³/mol. The third-order valence-electron chi connectivity index (χ3n) is 7.12. The number of halogens is 1. The molecule has 10 atom stereocenters. The summed E-state index contributed by atoms with van der Waals surface area (Å²) in [5.41, 5.74) is 12.7. The summed E-state index contributed by atoms with van der Waals surface area (Å²) >= 11 is 4.39. The van der Waals surface area contributed by atoms with E-state index in [2.05, 4.69) is 42.2 Å². The topological polar surface area (TPSA) is 252 Å². The van der Waals surface area contributed by atoms with Gasteiger partial charge in [0.15, 0.2) is 41.6 Å². The second-order valence-electron chi connectivity index (χ2n) is 9.67. The van der Waals surface area contributed by atoms with Crippen molar-refractivity contribution in [2.24, 2.45) is 0 Å². The number of hydrogen-bond acceptors (Lipinski definition) is 17. The number of thiol groups is 1. The Morgan fingerprint density at radius 3 is 2.19 bits per heavy atom. The molecule has 23 heteroatoms. The predicted octanol–water partition coefficient (Wildman–Crippen LogP) is 0.399. The third kappa shape index (κ3) is 5.13. The molecule has 0 spiro atoms. The summed E-state index contributed by atoms with van der Waals surface area (Å²) in [5.74, 6) is 0.192. The van der Waals surface area contributed by atoms with Crippen LogP contribution < -0.4 is 11.5 Å². The Morgan fingerprint density at radius 2 is 1.53 bits per heavy atom. The lowest BCUT2D eigenvalue weighted by molar-refractivity contribution is -0.0600. The van der Waals surface area contributed by atoms with Gasteiger partial charge in [0.25, 0.3) is 0 Å². The minimum absolute atomic E-state index is 0.0716. The first-order chi connectivity index (χ1) is 20.6. The summed E-state index contributed by atoms with van der Waals surface area (Å²) in [4.78, 5) is 34.9. The number of hydrogen-bond donors (Lipinski definition) is 5. The van der Waals surface area contributed by atoms with Crippen LogP contribution in [0.2, 0.25) is 0 Å². The van der Waals surface area contributed by atoms with Crippen molar-refractivity contribution >= 4 is 61.6 Å². The number of aromatic nitrogens is 8. The smallest absolute Gasteiger partial charge is 0.387 e. The van der Waals surface area contributed by atoms with Crippen LogP contribution in [-0.2, 0) is 32.1 Å². The van der Waals surface area contributed by atoms with Gasteiger partial charge in [0.2, 0.25) is 7.58 Å². The fraction of sp³-hybridized carbons (Fsp3) is 0.500. The average Bonchev–Trinajstić information content (AvgIpc) is 3.73. The number of ether oxygens (including phenoxy) is 2. The van der Waals surface area contributed by atoms with Crippen molar-refractivity contribution < 1.29 is 46.5 Å². The lowest BCUT2D eigenvalue weighted by atomic mass is 10.1. The average molecular weight is 660 g/mol. The summed E-state index contributed by atoms with van der Waals surface area (Å²) in [6, 6.07) is 0. The van der Waals surface area contributed by atoms with E-state index in [0.717, 1.165) is 0 Å². The number of alkyl halides is 1. The molecule has 43 heavy (non-hydrogen) atoms. The molecule has 2 bridgehead atoms. The van der Waals surface area contributed by atoms with E-state index in [1.54, 1.807) is 0 Å². The molecule has 4 aromatic heterocycles. The fourth-order valence-electron chi connectivity index (χ4n) is 5.11. The summed E-state index contributed by atoms with van der Waals surface area (Å²) in [5, 5.41) is 11.1. The Hall–Kier alpha value is -2.68. The van der Waals surface area contributed by atoms with Crippen LogP contribution in [-0.4, -0.2) is 98.9 Å². The maximum absolute atomic E-state index is 15.9. The van der Waals surface area contributed by atoms with Crippen molar-refractivity contribution in [1.29, 1.82) is 0 Å². The number of phosphoric acid groups is 1. The Kier molecular flexibility index (Phi) is 7.46. The van der Waals surface area contributed by atoms with Gasteiger partial charge in [-0.3, -0.25) is 18.2 Å². The van der Waals surface area contributed by atoms with Crippen LogP contribution in [0.25, 0.3) is 22.3 Å². The zero-order valence-electron chi connectivity index (χ0n) is 21.5. The number of fused-ring (bicyclic) bond motifs is 5. The molecule has 19 nitrogen and oxygen atoms in total.